The second kappa shape index (κ2) is 6.33. The third-order valence-electron chi connectivity index (χ3n) is 2.08. The first-order valence-electron chi connectivity index (χ1n) is 5.57. The Morgan fingerprint density at radius 3 is 3.11 bits per heavy atom. The molecule has 0 aliphatic rings. The molecule has 100 valence electrons. The SMILES string of the molecule is CCOC(=O)c1nc(CSc2cccc(F)c2)no1. The lowest BCUT2D eigenvalue weighted by Crippen LogP contribution is -2.04. The molecule has 0 saturated heterocycles. The van der Waals surface area contributed by atoms with Crippen molar-refractivity contribution in [3.8, 4) is 0 Å². The number of carbonyl (C=O) groups is 1. The van der Waals surface area contributed by atoms with E-state index in [9.17, 15) is 9.18 Å². The highest BCUT2D eigenvalue weighted by Gasteiger charge is 2.16. The van der Waals surface area contributed by atoms with Gasteiger partial charge in [0.2, 0.25) is 0 Å². The van der Waals surface area contributed by atoms with Crippen LogP contribution in [-0.4, -0.2) is 22.7 Å². The van der Waals surface area contributed by atoms with E-state index in [-0.39, 0.29) is 18.3 Å². The van der Waals surface area contributed by atoms with Crippen LogP contribution in [0, 0.1) is 5.82 Å². The van der Waals surface area contributed by atoms with E-state index in [1.807, 2.05) is 0 Å². The first kappa shape index (κ1) is 13.5. The van der Waals surface area contributed by atoms with Crippen molar-refractivity contribution in [1.82, 2.24) is 10.1 Å². The Balaban J connectivity index is 1.95. The molecule has 5 nitrogen and oxygen atoms in total. The van der Waals surface area contributed by atoms with Crippen LogP contribution in [0.3, 0.4) is 0 Å². The Kier molecular flexibility index (Phi) is 4.51. The highest BCUT2D eigenvalue weighted by molar-refractivity contribution is 7.98. The highest BCUT2D eigenvalue weighted by atomic mass is 32.2. The first-order valence-corrected chi connectivity index (χ1v) is 6.55. The van der Waals surface area contributed by atoms with E-state index in [2.05, 4.69) is 10.1 Å². The van der Waals surface area contributed by atoms with Crippen LogP contribution in [-0.2, 0) is 10.5 Å². The minimum Gasteiger partial charge on any atom is -0.459 e. The minimum atomic E-state index is -0.642. The molecule has 0 bridgehead atoms. The standard InChI is InChI=1S/C12H11FN2O3S/c1-2-17-12(16)11-14-10(15-18-11)7-19-9-5-3-4-8(13)6-9/h3-6H,2,7H2,1H3. The predicted molar refractivity (Wildman–Crippen MR) is 66.2 cm³/mol. The van der Waals surface area contributed by atoms with E-state index >= 15 is 0 Å². The lowest BCUT2D eigenvalue weighted by atomic mass is 10.4. The third kappa shape index (κ3) is 3.78. The zero-order chi connectivity index (χ0) is 13.7. The van der Waals surface area contributed by atoms with Crippen molar-refractivity contribution in [2.24, 2.45) is 0 Å². The molecule has 0 amide bonds. The van der Waals surface area contributed by atoms with Gasteiger partial charge in [-0.1, -0.05) is 11.2 Å². The number of aromatic nitrogens is 2. The van der Waals surface area contributed by atoms with Gasteiger partial charge >= 0.3 is 11.9 Å². The molecule has 2 aromatic rings. The van der Waals surface area contributed by atoms with E-state index < -0.39 is 5.97 Å². The molecule has 1 aromatic heterocycles. The lowest BCUT2D eigenvalue weighted by molar-refractivity contribution is 0.0470. The zero-order valence-electron chi connectivity index (χ0n) is 10.1. The van der Waals surface area contributed by atoms with Gasteiger partial charge in [-0.15, -0.1) is 11.8 Å². The largest absolute Gasteiger partial charge is 0.459 e. The molecule has 0 aliphatic heterocycles. The molecular formula is C12H11FN2O3S. The fourth-order valence-corrected chi connectivity index (χ4v) is 2.08. The molecule has 1 heterocycles. The molecule has 0 fully saturated rings. The molecule has 0 spiro atoms. The van der Waals surface area contributed by atoms with Crippen molar-refractivity contribution >= 4 is 17.7 Å². The minimum absolute atomic E-state index is 0.170. The highest BCUT2D eigenvalue weighted by Crippen LogP contribution is 2.22. The summed E-state index contributed by atoms with van der Waals surface area (Å²) >= 11 is 1.35. The Bertz CT molecular complexity index is 574. The van der Waals surface area contributed by atoms with Crippen molar-refractivity contribution < 1.29 is 18.4 Å². The van der Waals surface area contributed by atoms with E-state index in [0.717, 1.165) is 4.90 Å². The Labute approximate surface area is 113 Å². The maximum absolute atomic E-state index is 13.0. The fraction of sp³-hybridized carbons (Fsp3) is 0.250. The average Bonchev–Trinajstić information content (AvgIpc) is 2.86. The van der Waals surface area contributed by atoms with E-state index in [1.54, 1.807) is 19.1 Å². The first-order chi connectivity index (χ1) is 9.19. The monoisotopic (exact) mass is 282 g/mol. The summed E-state index contributed by atoms with van der Waals surface area (Å²) in [5.74, 6) is -0.372. The van der Waals surface area contributed by atoms with E-state index in [0.29, 0.717) is 11.6 Å². The Morgan fingerprint density at radius 1 is 1.53 bits per heavy atom. The molecule has 1 aromatic carbocycles. The number of benzene rings is 1. The molecule has 0 unspecified atom stereocenters. The van der Waals surface area contributed by atoms with Gasteiger partial charge in [-0.05, 0) is 25.1 Å². The van der Waals surface area contributed by atoms with Gasteiger partial charge in [0.15, 0.2) is 5.82 Å². The molecule has 2 rings (SSSR count). The van der Waals surface area contributed by atoms with Crippen molar-refractivity contribution in [1.29, 1.82) is 0 Å². The second-order valence-corrected chi connectivity index (χ2v) is 4.53. The number of halogens is 1. The van der Waals surface area contributed by atoms with Crippen LogP contribution in [0.25, 0.3) is 0 Å². The third-order valence-corrected chi connectivity index (χ3v) is 3.07. The van der Waals surface area contributed by atoms with Crippen molar-refractivity contribution in [2.75, 3.05) is 6.61 Å². The van der Waals surface area contributed by atoms with Gasteiger partial charge in [0.05, 0.1) is 12.4 Å². The fourth-order valence-electron chi connectivity index (χ4n) is 1.29. The summed E-state index contributed by atoms with van der Waals surface area (Å²) in [5, 5.41) is 3.66. The van der Waals surface area contributed by atoms with Gasteiger partial charge in [-0.25, -0.2) is 9.18 Å². The van der Waals surface area contributed by atoms with Crippen LogP contribution in [0.15, 0.2) is 33.7 Å². The average molecular weight is 282 g/mol. The van der Waals surface area contributed by atoms with Gasteiger partial charge in [-0.2, -0.15) is 4.98 Å². The van der Waals surface area contributed by atoms with Crippen molar-refractivity contribution in [2.45, 2.75) is 17.6 Å². The molecule has 0 atom stereocenters. The van der Waals surface area contributed by atoms with Crippen molar-refractivity contribution in [3.63, 3.8) is 0 Å². The number of hydrogen-bond acceptors (Lipinski definition) is 6. The number of nitrogens with zero attached hydrogens (tertiary/aromatic N) is 2. The molecule has 0 saturated carbocycles. The normalized spacial score (nSPS) is 10.4. The molecular weight excluding hydrogens is 271 g/mol. The summed E-state index contributed by atoms with van der Waals surface area (Å²) in [6, 6.07) is 6.19. The van der Waals surface area contributed by atoms with E-state index in [4.69, 9.17) is 9.26 Å². The molecule has 0 radical (unpaired) electrons. The van der Waals surface area contributed by atoms with Gasteiger partial charge < -0.3 is 9.26 Å². The molecule has 19 heavy (non-hydrogen) atoms. The van der Waals surface area contributed by atoms with Crippen LogP contribution in [0.4, 0.5) is 4.39 Å². The van der Waals surface area contributed by atoms with Crippen molar-refractivity contribution in [3.05, 3.63) is 41.8 Å². The van der Waals surface area contributed by atoms with Crippen LogP contribution < -0.4 is 0 Å². The maximum Gasteiger partial charge on any atom is 0.397 e. The maximum atomic E-state index is 13.0. The summed E-state index contributed by atoms with van der Waals surface area (Å²) in [5.41, 5.74) is 0. The summed E-state index contributed by atoms with van der Waals surface area (Å²) in [6.45, 7) is 1.93. The summed E-state index contributed by atoms with van der Waals surface area (Å²) in [6.07, 6.45) is 0. The number of thioether (sulfide) groups is 1. The molecule has 0 N–H and O–H groups in total. The number of ether oxygens (including phenoxy) is 1. The van der Waals surface area contributed by atoms with Crippen LogP contribution in [0.2, 0.25) is 0 Å². The van der Waals surface area contributed by atoms with Crippen LogP contribution >= 0.6 is 11.8 Å². The smallest absolute Gasteiger partial charge is 0.397 e. The molecule has 0 aliphatic carbocycles. The molecule has 7 heteroatoms. The van der Waals surface area contributed by atoms with Gasteiger partial charge in [-0.3, -0.25) is 0 Å². The lowest BCUT2D eigenvalue weighted by Gasteiger charge is -1.97. The number of hydrogen-bond donors (Lipinski definition) is 0. The van der Waals surface area contributed by atoms with Gasteiger partial charge in [0.1, 0.15) is 5.82 Å². The van der Waals surface area contributed by atoms with Gasteiger partial charge in [0.25, 0.3) is 0 Å². The number of rotatable bonds is 5. The Morgan fingerprint density at radius 2 is 2.37 bits per heavy atom. The second-order valence-electron chi connectivity index (χ2n) is 3.48. The predicted octanol–water partition coefficient (Wildman–Crippen LogP) is 2.68. The van der Waals surface area contributed by atoms with Crippen LogP contribution in [0.5, 0.6) is 0 Å². The number of esters is 1. The Hall–Kier alpha value is -1.89. The topological polar surface area (TPSA) is 65.2 Å². The zero-order valence-corrected chi connectivity index (χ0v) is 10.9. The summed E-state index contributed by atoms with van der Waals surface area (Å²) in [4.78, 5) is 16.0. The summed E-state index contributed by atoms with van der Waals surface area (Å²) < 4.78 is 22.5. The number of carbonyl (C=O) groups excluding carboxylic acids is 1. The van der Waals surface area contributed by atoms with Gasteiger partial charge in [0, 0.05) is 4.90 Å². The van der Waals surface area contributed by atoms with E-state index in [1.165, 1.54) is 23.9 Å². The van der Waals surface area contributed by atoms with Crippen LogP contribution in [0.1, 0.15) is 23.4 Å². The quantitative estimate of drug-likeness (QED) is 0.620. The summed E-state index contributed by atoms with van der Waals surface area (Å²) in [7, 11) is 0.